The third-order valence-electron chi connectivity index (χ3n) is 4.52. The topological polar surface area (TPSA) is 45.7 Å². The van der Waals surface area contributed by atoms with Crippen molar-refractivity contribution in [3.8, 4) is 5.75 Å². The summed E-state index contributed by atoms with van der Waals surface area (Å²) in [6.45, 7) is 2.84. The number of amides is 1. The van der Waals surface area contributed by atoms with Crippen molar-refractivity contribution in [1.29, 1.82) is 0 Å². The number of nitrogens with zero attached hydrogens (tertiary/aromatic N) is 3. The smallest absolute Gasteiger partial charge is 0.408 e. The van der Waals surface area contributed by atoms with Crippen molar-refractivity contribution < 1.29 is 31.5 Å². The Morgan fingerprint density at radius 3 is 2.55 bits per heavy atom. The molecule has 3 rings (SSSR count). The minimum Gasteiger partial charge on any atom is -0.408 e. The van der Waals surface area contributed by atoms with Crippen molar-refractivity contribution in [2.45, 2.75) is 25.7 Å². The molecule has 1 fully saturated rings. The summed E-state index contributed by atoms with van der Waals surface area (Å²) in [6, 6.07) is 3.17. The number of aromatic nitrogens is 1. The van der Waals surface area contributed by atoms with E-state index in [0.29, 0.717) is 19.2 Å². The Balaban J connectivity index is 1.61. The van der Waals surface area contributed by atoms with Crippen LogP contribution in [-0.4, -0.2) is 46.6 Å². The Bertz CT molecular complexity index is 890. The van der Waals surface area contributed by atoms with Gasteiger partial charge in [-0.25, -0.2) is 13.6 Å². The predicted octanol–water partition coefficient (Wildman–Crippen LogP) is 4.08. The zero-order valence-corrected chi connectivity index (χ0v) is 15.4. The lowest BCUT2D eigenvalue weighted by Crippen LogP contribution is -2.54. The van der Waals surface area contributed by atoms with Gasteiger partial charge in [-0.15, -0.1) is 0 Å². The molecule has 2 heterocycles. The van der Waals surface area contributed by atoms with Gasteiger partial charge in [0.25, 0.3) is 0 Å². The van der Waals surface area contributed by atoms with Gasteiger partial charge in [-0.05, 0) is 30.7 Å². The fraction of sp³-hybridized carbons (Fsp3) is 0.368. The van der Waals surface area contributed by atoms with Gasteiger partial charge in [0.15, 0.2) is 5.75 Å². The Labute approximate surface area is 163 Å². The van der Waals surface area contributed by atoms with Crippen LogP contribution < -0.4 is 4.74 Å². The van der Waals surface area contributed by atoms with Crippen LogP contribution in [0.2, 0.25) is 0 Å². The number of alkyl halides is 3. The van der Waals surface area contributed by atoms with Crippen molar-refractivity contribution in [3.63, 3.8) is 0 Å². The molecule has 2 aromatic rings. The lowest BCUT2D eigenvalue weighted by atomic mass is 10.1. The fourth-order valence-electron chi connectivity index (χ4n) is 3.22. The van der Waals surface area contributed by atoms with Gasteiger partial charge in [0.1, 0.15) is 11.6 Å². The van der Waals surface area contributed by atoms with E-state index in [1.807, 2.05) is 4.90 Å². The first-order valence-corrected chi connectivity index (χ1v) is 8.80. The number of hydrogen-bond donors (Lipinski definition) is 0. The zero-order chi connectivity index (χ0) is 21.2. The largest absolute Gasteiger partial charge is 0.416 e. The summed E-state index contributed by atoms with van der Waals surface area (Å²) in [5.74, 6) is -1.61. The molecule has 1 aliphatic rings. The van der Waals surface area contributed by atoms with Crippen LogP contribution in [0.15, 0.2) is 36.7 Å². The number of ether oxygens (including phenoxy) is 1. The molecule has 0 aliphatic carbocycles. The van der Waals surface area contributed by atoms with Crippen molar-refractivity contribution in [1.82, 2.24) is 14.8 Å². The summed E-state index contributed by atoms with van der Waals surface area (Å²) in [7, 11) is 0. The fourth-order valence-corrected chi connectivity index (χ4v) is 3.22. The predicted molar refractivity (Wildman–Crippen MR) is 93.1 cm³/mol. The number of hydrogen-bond acceptors (Lipinski definition) is 4. The van der Waals surface area contributed by atoms with Gasteiger partial charge < -0.3 is 9.64 Å². The Kier molecular flexibility index (Phi) is 6.02. The Morgan fingerprint density at radius 2 is 1.90 bits per heavy atom. The SMILES string of the molecule is C[C@@H]1CN(Cc2cc(F)cc(C(F)(F)F)c2)CCN1C(=O)Oc1cncc(F)c1. The maximum absolute atomic E-state index is 13.6. The lowest BCUT2D eigenvalue weighted by molar-refractivity contribution is -0.137. The van der Waals surface area contributed by atoms with E-state index >= 15 is 0 Å². The molecule has 1 atom stereocenters. The molecule has 29 heavy (non-hydrogen) atoms. The lowest BCUT2D eigenvalue weighted by Gasteiger charge is -2.39. The highest BCUT2D eigenvalue weighted by atomic mass is 19.4. The number of pyridine rings is 1. The number of carbonyl (C=O) groups is 1. The first-order chi connectivity index (χ1) is 13.6. The molecular formula is C19H18F5N3O2. The molecule has 0 bridgehead atoms. The molecule has 0 spiro atoms. The van der Waals surface area contributed by atoms with Gasteiger partial charge in [-0.2, -0.15) is 13.2 Å². The summed E-state index contributed by atoms with van der Waals surface area (Å²) in [6.07, 6.45) is -3.10. The average Bonchev–Trinajstić information content (AvgIpc) is 2.60. The minimum absolute atomic E-state index is 0.0240. The van der Waals surface area contributed by atoms with Crippen LogP contribution in [0.3, 0.4) is 0 Å². The molecule has 10 heteroatoms. The summed E-state index contributed by atoms with van der Waals surface area (Å²) < 4.78 is 70.4. The normalized spacial score (nSPS) is 18.0. The molecule has 1 aromatic heterocycles. The molecule has 0 unspecified atom stereocenters. The number of piperazine rings is 1. The van der Waals surface area contributed by atoms with Crippen LogP contribution in [0.1, 0.15) is 18.1 Å². The van der Waals surface area contributed by atoms with Gasteiger partial charge in [-0.3, -0.25) is 9.88 Å². The van der Waals surface area contributed by atoms with E-state index in [2.05, 4.69) is 4.98 Å². The minimum atomic E-state index is -4.63. The summed E-state index contributed by atoms with van der Waals surface area (Å²) in [5, 5.41) is 0. The highest BCUT2D eigenvalue weighted by Gasteiger charge is 2.32. The quantitative estimate of drug-likeness (QED) is 0.709. The molecule has 1 amide bonds. The standard InChI is InChI=1S/C19H18F5N3O2/c1-12-10-26(11-13-4-14(19(22,23)24)6-15(20)5-13)2-3-27(12)18(28)29-17-7-16(21)8-25-9-17/h4-9,12H,2-3,10-11H2,1H3/t12-/m1/s1. The molecule has 1 saturated heterocycles. The molecule has 0 radical (unpaired) electrons. The second-order valence-electron chi connectivity index (χ2n) is 6.83. The van der Waals surface area contributed by atoms with Crippen molar-refractivity contribution in [2.24, 2.45) is 0 Å². The van der Waals surface area contributed by atoms with Crippen LogP contribution >= 0.6 is 0 Å². The highest BCUT2D eigenvalue weighted by Crippen LogP contribution is 2.31. The van der Waals surface area contributed by atoms with Crippen molar-refractivity contribution in [3.05, 3.63) is 59.4 Å². The summed E-state index contributed by atoms with van der Waals surface area (Å²) in [5.41, 5.74) is -0.835. The molecule has 1 aliphatic heterocycles. The molecular weight excluding hydrogens is 397 g/mol. The monoisotopic (exact) mass is 415 g/mol. The number of carbonyl (C=O) groups excluding carboxylic acids is 1. The first-order valence-electron chi connectivity index (χ1n) is 8.80. The van der Waals surface area contributed by atoms with Crippen molar-refractivity contribution in [2.75, 3.05) is 19.6 Å². The van der Waals surface area contributed by atoms with E-state index in [1.165, 1.54) is 11.1 Å². The van der Waals surface area contributed by atoms with Crippen LogP contribution in [0, 0.1) is 11.6 Å². The van der Waals surface area contributed by atoms with E-state index in [-0.39, 0.29) is 30.4 Å². The second kappa shape index (κ2) is 8.32. The van der Waals surface area contributed by atoms with Gasteiger partial charge in [0.05, 0.1) is 18.0 Å². The van der Waals surface area contributed by atoms with E-state index in [9.17, 15) is 26.7 Å². The molecule has 0 N–H and O–H groups in total. The third-order valence-corrected chi connectivity index (χ3v) is 4.52. The van der Waals surface area contributed by atoms with Gasteiger partial charge >= 0.3 is 12.3 Å². The summed E-state index contributed by atoms with van der Waals surface area (Å²) >= 11 is 0. The van der Waals surface area contributed by atoms with Crippen LogP contribution in [0.25, 0.3) is 0 Å². The van der Waals surface area contributed by atoms with Gasteiger partial charge in [0.2, 0.25) is 0 Å². The van der Waals surface area contributed by atoms with Gasteiger partial charge in [0, 0.05) is 38.3 Å². The number of benzene rings is 1. The average molecular weight is 415 g/mol. The molecule has 1 aromatic carbocycles. The molecule has 156 valence electrons. The van der Waals surface area contributed by atoms with Crippen LogP contribution in [-0.2, 0) is 12.7 Å². The van der Waals surface area contributed by atoms with Crippen molar-refractivity contribution >= 4 is 6.09 Å². The van der Waals surface area contributed by atoms with Gasteiger partial charge in [-0.1, -0.05) is 0 Å². The maximum Gasteiger partial charge on any atom is 0.416 e. The molecule has 5 nitrogen and oxygen atoms in total. The number of halogens is 5. The van der Waals surface area contributed by atoms with E-state index in [1.54, 1.807) is 6.92 Å². The van der Waals surface area contributed by atoms with E-state index in [0.717, 1.165) is 24.4 Å². The Hall–Kier alpha value is -2.75. The highest BCUT2D eigenvalue weighted by molar-refractivity contribution is 5.71. The van der Waals surface area contributed by atoms with E-state index < -0.39 is 29.5 Å². The third kappa shape index (κ3) is 5.41. The zero-order valence-electron chi connectivity index (χ0n) is 15.4. The number of rotatable bonds is 3. The Morgan fingerprint density at radius 1 is 1.14 bits per heavy atom. The molecule has 0 saturated carbocycles. The van der Waals surface area contributed by atoms with Crippen LogP contribution in [0.4, 0.5) is 26.7 Å². The summed E-state index contributed by atoms with van der Waals surface area (Å²) in [4.78, 5) is 19.2. The second-order valence-corrected chi connectivity index (χ2v) is 6.83. The van der Waals surface area contributed by atoms with E-state index in [4.69, 9.17) is 4.74 Å². The maximum atomic E-state index is 13.6. The first kappa shape index (κ1) is 21.0. The van der Waals surface area contributed by atoms with Crippen LogP contribution in [0.5, 0.6) is 5.75 Å².